The van der Waals surface area contributed by atoms with E-state index in [0.29, 0.717) is 0 Å². The van der Waals surface area contributed by atoms with Gasteiger partial charge in [-0.3, -0.25) is 4.90 Å². The SMILES string of the molecule is CCCCC(CC)CN1CCc2ccccc2C1. The third kappa shape index (κ3) is 3.58. The van der Waals surface area contributed by atoms with E-state index in [1.807, 2.05) is 0 Å². The molecule has 1 aliphatic heterocycles. The lowest BCUT2D eigenvalue weighted by Gasteiger charge is -2.31. The van der Waals surface area contributed by atoms with Crippen molar-refractivity contribution in [1.29, 1.82) is 0 Å². The van der Waals surface area contributed by atoms with Gasteiger partial charge in [0.1, 0.15) is 0 Å². The second kappa shape index (κ2) is 6.94. The third-order valence-electron chi connectivity index (χ3n) is 4.27. The number of rotatable bonds is 6. The van der Waals surface area contributed by atoms with Crippen LogP contribution in [0.2, 0.25) is 0 Å². The first-order valence-electron chi connectivity index (χ1n) is 7.62. The average Bonchev–Trinajstić information content (AvgIpc) is 2.43. The van der Waals surface area contributed by atoms with Gasteiger partial charge in [0.05, 0.1) is 0 Å². The fourth-order valence-corrected chi connectivity index (χ4v) is 2.99. The van der Waals surface area contributed by atoms with Crippen LogP contribution in [0.15, 0.2) is 24.3 Å². The van der Waals surface area contributed by atoms with Gasteiger partial charge in [0.2, 0.25) is 0 Å². The van der Waals surface area contributed by atoms with E-state index < -0.39 is 0 Å². The number of unbranched alkanes of at least 4 members (excludes halogenated alkanes) is 1. The van der Waals surface area contributed by atoms with Gasteiger partial charge in [-0.25, -0.2) is 0 Å². The number of hydrogen-bond acceptors (Lipinski definition) is 1. The van der Waals surface area contributed by atoms with Crippen molar-refractivity contribution < 1.29 is 0 Å². The van der Waals surface area contributed by atoms with Crippen molar-refractivity contribution in [3.63, 3.8) is 0 Å². The Balaban J connectivity index is 1.88. The summed E-state index contributed by atoms with van der Waals surface area (Å²) in [6.07, 6.45) is 6.70. The fourth-order valence-electron chi connectivity index (χ4n) is 2.99. The highest BCUT2D eigenvalue weighted by atomic mass is 15.1. The Kier molecular flexibility index (Phi) is 5.25. The van der Waals surface area contributed by atoms with Gasteiger partial charge in [-0.05, 0) is 29.9 Å². The van der Waals surface area contributed by atoms with Crippen molar-refractivity contribution in [2.75, 3.05) is 13.1 Å². The molecule has 0 aromatic heterocycles. The van der Waals surface area contributed by atoms with Crippen LogP contribution in [0.3, 0.4) is 0 Å². The summed E-state index contributed by atoms with van der Waals surface area (Å²) in [7, 11) is 0. The van der Waals surface area contributed by atoms with E-state index >= 15 is 0 Å². The molecule has 1 heterocycles. The molecule has 0 radical (unpaired) electrons. The lowest BCUT2D eigenvalue weighted by Crippen LogP contribution is -2.34. The van der Waals surface area contributed by atoms with Gasteiger partial charge in [0.15, 0.2) is 0 Å². The zero-order valence-corrected chi connectivity index (χ0v) is 12.0. The molecule has 0 N–H and O–H groups in total. The van der Waals surface area contributed by atoms with E-state index in [2.05, 4.69) is 43.0 Å². The van der Waals surface area contributed by atoms with Crippen LogP contribution in [0.5, 0.6) is 0 Å². The minimum atomic E-state index is 0.898. The molecule has 1 unspecified atom stereocenters. The first-order chi connectivity index (χ1) is 8.83. The average molecular weight is 245 g/mol. The number of benzene rings is 1. The molecule has 0 spiro atoms. The van der Waals surface area contributed by atoms with Crippen molar-refractivity contribution in [1.82, 2.24) is 4.90 Å². The topological polar surface area (TPSA) is 3.24 Å². The van der Waals surface area contributed by atoms with Crippen molar-refractivity contribution in [3.05, 3.63) is 35.4 Å². The van der Waals surface area contributed by atoms with Gasteiger partial charge in [0, 0.05) is 19.6 Å². The molecule has 0 bridgehead atoms. The van der Waals surface area contributed by atoms with Gasteiger partial charge in [-0.2, -0.15) is 0 Å². The molecule has 0 fully saturated rings. The molecule has 0 aliphatic carbocycles. The molecule has 1 aliphatic rings. The molecule has 0 saturated heterocycles. The maximum atomic E-state index is 2.66. The highest BCUT2D eigenvalue weighted by molar-refractivity contribution is 5.29. The quantitative estimate of drug-likeness (QED) is 0.724. The van der Waals surface area contributed by atoms with E-state index in [1.54, 1.807) is 11.1 Å². The van der Waals surface area contributed by atoms with E-state index in [0.717, 1.165) is 5.92 Å². The maximum Gasteiger partial charge on any atom is 0.0236 e. The number of hydrogen-bond donors (Lipinski definition) is 0. The molecule has 2 rings (SSSR count). The Labute approximate surface area is 112 Å². The van der Waals surface area contributed by atoms with Crippen LogP contribution in [-0.4, -0.2) is 18.0 Å². The molecule has 18 heavy (non-hydrogen) atoms. The summed E-state index contributed by atoms with van der Waals surface area (Å²) >= 11 is 0. The highest BCUT2D eigenvalue weighted by Crippen LogP contribution is 2.21. The van der Waals surface area contributed by atoms with Crippen molar-refractivity contribution in [2.24, 2.45) is 5.92 Å². The molecule has 0 amide bonds. The molecule has 1 heteroatoms. The molecule has 0 saturated carbocycles. The monoisotopic (exact) mass is 245 g/mol. The maximum absolute atomic E-state index is 2.66. The summed E-state index contributed by atoms with van der Waals surface area (Å²) in [4.78, 5) is 2.66. The van der Waals surface area contributed by atoms with E-state index in [1.165, 1.54) is 51.7 Å². The molecular formula is C17H27N. The summed E-state index contributed by atoms with van der Waals surface area (Å²) in [6, 6.07) is 8.94. The molecular weight excluding hydrogens is 218 g/mol. The summed E-state index contributed by atoms with van der Waals surface area (Å²) < 4.78 is 0. The van der Waals surface area contributed by atoms with Gasteiger partial charge >= 0.3 is 0 Å². The molecule has 1 nitrogen and oxygen atoms in total. The summed E-state index contributed by atoms with van der Waals surface area (Å²) in [5.74, 6) is 0.898. The van der Waals surface area contributed by atoms with Gasteiger partial charge in [0.25, 0.3) is 0 Å². The summed E-state index contributed by atoms with van der Waals surface area (Å²) in [5.41, 5.74) is 3.12. The van der Waals surface area contributed by atoms with Crippen LogP contribution >= 0.6 is 0 Å². The van der Waals surface area contributed by atoms with Crippen LogP contribution in [0.1, 0.15) is 50.7 Å². The normalized spacial score (nSPS) is 17.4. The van der Waals surface area contributed by atoms with Gasteiger partial charge in [-0.1, -0.05) is 57.4 Å². The molecule has 1 aromatic rings. The highest BCUT2D eigenvalue weighted by Gasteiger charge is 2.18. The Morgan fingerprint density at radius 3 is 2.67 bits per heavy atom. The molecule has 1 atom stereocenters. The minimum absolute atomic E-state index is 0.898. The number of fused-ring (bicyclic) bond motifs is 1. The lowest BCUT2D eigenvalue weighted by molar-refractivity contribution is 0.203. The van der Waals surface area contributed by atoms with Crippen molar-refractivity contribution in [2.45, 2.75) is 52.5 Å². The van der Waals surface area contributed by atoms with Gasteiger partial charge in [-0.15, -0.1) is 0 Å². The van der Waals surface area contributed by atoms with Gasteiger partial charge < -0.3 is 0 Å². The van der Waals surface area contributed by atoms with E-state index in [9.17, 15) is 0 Å². The zero-order chi connectivity index (χ0) is 12.8. The van der Waals surface area contributed by atoms with Crippen LogP contribution in [0.25, 0.3) is 0 Å². The molecule has 100 valence electrons. The first kappa shape index (κ1) is 13.6. The third-order valence-corrected chi connectivity index (χ3v) is 4.27. The van der Waals surface area contributed by atoms with E-state index in [-0.39, 0.29) is 0 Å². The van der Waals surface area contributed by atoms with Crippen molar-refractivity contribution >= 4 is 0 Å². The minimum Gasteiger partial charge on any atom is -0.298 e. The predicted molar refractivity (Wildman–Crippen MR) is 78.7 cm³/mol. The fraction of sp³-hybridized carbons (Fsp3) is 0.647. The summed E-state index contributed by atoms with van der Waals surface area (Å²) in [6.45, 7) is 8.35. The standard InChI is InChI=1S/C17H27N/c1-3-5-8-15(4-2)13-18-12-11-16-9-6-7-10-17(16)14-18/h6-7,9-10,15H,3-5,8,11-14H2,1-2H3. The largest absolute Gasteiger partial charge is 0.298 e. The Morgan fingerprint density at radius 1 is 1.17 bits per heavy atom. The smallest absolute Gasteiger partial charge is 0.0236 e. The van der Waals surface area contributed by atoms with E-state index in [4.69, 9.17) is 0 Å². The first-order valence-corrected chi connectivity index (χ1v) is 7.62. The second-order valence-electron chi connectivity index (χ2n) is 5.67. The summed E-state index contributed by atoms with van der Waals surface area (Å²) in [5, 5.41) is 0. The van der Waals surface area contributed by atoms with Crippen LogP contribution in [0, 0.1) is 5.92 Å². The Bertz CT molecular complexity index is 358. The Morgan fingerprint density at radius 2 is 1.94 bits per heavy atom. The lowest BCUT2D eigenvalue weighted by atomic mass is 9.95. The van der Waals surface area contributed by atoms with Crippen LogP contribution < -0.4 is 0 Å². The van der Waals surface area contributed by atoms with Crippen LogP contribution in [0.4, 0.5) is 0 Å². The number of nitrogens with zero attached hydrogens (tertiary/aromatic N) is 1. The van der Waals surface area contributed by atoms with Crippen LogP contribution in [-0.2, 0) is 13.0 Å². The Hall–Kier alpha value is -0.820. The molecule has 1 aromatic carbocycles. The second-order valence-corrected chi connectivity index (χ2v) is 5.67. The zero-order valence-electron chi connectivity index (χ0n) is 12.0. The van der Waals surface area contributed by atoms with Crippen molar-refractivity contribution in [3.8, 4) is 0 Å². The predicted octanol–water partition coefficient (Wildman–Crippen LogP) is 4.26.